The molecule has 3 rings (SSSR count). The summed E-state index contributed by atoms with van der Waals surface area (Å²) in [6.45, 7) is 2.96. The molecule has 2 aromatic carbocycles. The summed E-state index contributed by atoms with van der Waals surface area (Å²) in [5.41, 5.74) is 0.653. The van der Waals surface area contributed by atoms with Crippen LogP contribution in [0.3, 0.4) is 0 Å². The van der Waals surface area contributed by atoms with Crippen molar-refractivity contribution in [3.05, 3.63) is 59.7 Å². The van der Waals surface area contributed by atoms with E-state index < -0.39 is 28.3 Å². The first-order chi connectivity index (χ1) is 14.8. The van der Waals surface area contributed by atoms with Gasteiger partial charge in [0.2, 0.25) is 10.0 Å². The van der Waals surface area contributed by atoms with Crippen LogP contribution in [0.15, 0.2) is 53.4 Å². The Morgan fingerprint density at radius 3 is 2.42 bits per heavy atom. The summed E-state index contributed by atoms with van der Waals surface area (Å²) in [7, 11) is -3.76. The van der Waals surface area contributed by atoms with Gasteiger partial charge in [0.1, 0.15) is 11.3 Å². The molecule has 0 spiro atoms. The average Bonchev–Trinajstić information content (AvgIpc) is 3.32. The summed E-state index contributed by atoms with van der Waals surface area (Å²) >= 11 is 0. The Morgan fingerprint density at radius 1 is 1.10 bits per heavy atom. The lowest BCUT2D eigenvalue weighted by molar-refractivity contribution is -0.134. The number of nitrogens with zero attached hydrogens (tertiary/aromatic N) is 2. The van der Waals surface area contributed by atoms with E-state index in [2.05, 4.69) is 0 Å². The van der Waals surface area contributed by atoms with Gasteiger partial charge in [-0.1, -0.05) is 30.3 Å². The van der Waals surface area contributed by atoms with Crippen molar-refractivity contribution in [2.45, 2.75) is 31.2 Å². The third kappa shape index (κ3) is 5.42. The van der Waals surface area contributed by atoms with Crippen molar-refractivity contribution in [2.75, 3.05) is 26.2 Å². The van der Waals surface area contributed by atoms with Crippen LogP contribution < -0.4 is 0 Å². The summed E-state index contributed by atoms with van der Waals surface area (Å²) in [5.74, 6) is -1.76. The van der Waals surface area contributed by atoms with Crippen molar-refractivity contribution in [1.82, 2.24) is 9.21 Å². The van der Waals surface area contributed by atoms with Gasteiger partial charge in [-0.3, -0.25) is 4.79 Å². The smallest absolute Gasteiger partial charge is 0.342 e. The number of ether oxygens (including phenoxy) is 1. The van der Waals surface area contributed by atoms with Crippen LogP contribution in [0.25, 0.3) is 0 Å². The standard InChI is InChI=1S/C22H26N2O6S/c1-2-23(15-17-8-4-3-5-9-17)21(26)16-30-22(27)19-14-18(10-11-20(19)25)31(28,29)24-12-6-7-13-24/h3-5,8-11,14,25H,2,6-7,12-13,15-16H2,1H3. The molecule has 1 N–H and O–H groups in total. The van der Waals surface area contributed by atoms with Gasteiger partial charge in [-0.25, -0.2) is 13.2 Å². The number of phenolic OH excluding ortho intramolecular Hbond substituents is 1. The highest BCUT2D eigenvalue weighted by molar-refractivity contribution is 7.89. The Kier molecular flexibility index (Phi) is 7.29. The molecule has 0 aromatic heterocycles. The summed E-state index contributed by atoms with van der Waals surface area (Å²) in [5, 5.41) is 10.0. The summed E-state index contributed by atoms with van der Waals surface area (Å²) in [4.78, 5) is 26.4. The minimum Gasteiger partial charge on any atom is -0.507 e. The zero-order chi connectivity index (χ0) is 22.4. The van der Waals surface area contributed by atoms with Gasteiger partial charge in [0.25, 0.3) is 5.91 Å². The van der Waals surface area contributed by atoms with Gasteiger partial charge in [-0.2, -0.15) is 4.31 Å². The second-order valence-corrected chi connectivity index (χ2v) is 9.20. The predicted octanol–water partition coefficient (Wildman–Crippen LogP) is 2.38. The lowest BCUT2D eigenvalue weighted by Gasteiger charge is -2.21. The molecule has 0 unspecified atom stereocenters. The number of rotatable bonds is 8. The minimum absolute atomic E-state index is 0.0928. The fourth-order valence-corrected chi connectivity index (χ4v) is 4.94. The zero-order valence-corrected chi connectivity index (χ0v) is 18.2. The lowest BCUT2D eigenvalue weighted by atomic mass is 10.2. The highest BCUT2D eigenvalue weighted by atomic mass is 32.2. The van der Waals surface area contributed by atoms with Crippen molar-refractivity contribution in [1.29, 1.82) is 0 Å². The number of likely N-dealkylation sites (N-methyl/N-ethyl adjacent to an activating group) is 1. The number of carbonyl (C=O) groups is 2. The quantitative estimate of drug-likeness (QED) is 0.625. The first-order valence-corrected chi connectivity index (χ1v) is 11.6. The molecule has 0 radical (unpaired) electrons. The molecule has 1 aliphatic rings. The molecule has 0 aliphatic carbocycles. The molecule has 2 aromatic rings. The second kappa shape index (κ2) is 9.93. The summed E-state index contributed by atoms with van der Waals surface area (Å²) in [6, 6.07) is 12.9. The molecule has 1 heterocycles. The van der Waals surface area contributed by atoms with E-state index in [1.807, 2.05) is 37.3 Å². The summed E-state index contributed by atoms with van der Waals surface area (Å²) in [6.07, 6.45) is 1.57. The van der Waals surface area contributed by atoms with E-state index in [1.165, 1.54) is 15.3 Å². The molecule has 8 nitrogen and oxygen atoms in total. The van der Waals surface area contributed by atoms with Gasteiger partial charge in [0, 0.05) is 26.2 Å². The first-order valence-electron chi connectivity index (χ1n) is 10.1. The van der Waals surface area contributed by atoms with Crippen LogP contribution in [0.2, 0.25) is 0 Å². The fraction of sp³-hybridized carbons (Fsp3) is 0.364. The molecule has 1 fully saturated rings. The fourth-order valence-electron chi connectivity index (χ4n) is 3.39. The Balaban J connectivity index is 1.67. The van der Waals surface area contributed by atoms with Gasteiger partial charge in [0.15, 0.2) is 6.61 Å². The van der Waals surface area contributed by atoms with E-state index in [4.69, 9.17) is 4.74 Å². The molecule has 0 bridgehead atoms. The third-order valence-corrected chi connectivity index (χ3v) is 7.06. The Hall–Kier alpha value is -2.91. The van der Waals surface area contributed by atoms with Crippen LogP contribution in [0.1, 0.15) is 35.7 Å². The molecular formula is C22H26N2O6S. The van der Waals surface area contributed by atoms with E-state index in [-0.39, 0.29) is 16.4 Å². The predicted molar refractivity (Wildman–Crippen MR) is 114 cm³/mol. The number of phenols is 1. The highest BCUT2D eigenvalue weighted by Gasteiger charge is 2.29. The van der Waals surface area contributed by atoms with E-state index >= 15 is 0 Å². The molecular weight excluding hydrogens is 420 g/mol. The van der Waals surface area contributed by atoms with Crippen LogP contribution in [-0.4, -0.2) is 60.8 Å². The van der Waals surface area contributed by atoms with Gasteiger partial charge in [0.05, 0.1) is 4.90 Å². The second-order valence-electron chi connectivity index (χ2n) is 7.26. The zero-order valence-electron chi connectivity index (χ0n) is 17.4. The van der Waals surface area contributed by atoms with Crippen molar-refractivity contribution in [2.24, 2.45) is 0 Å². The topological polar surface area (TPSA) is 104 Å². The van der Waals surface area contributed by atoms with Gasteiger partial charge >= 0.3 is 5.97 Å². The Labute approximate surface area is 182 Å². The lowest BCUT2D eigenvalue weighted by Crippen LogP contribution is -2.34. The van der Waals surface area contributed by atoms with Gasteiger partial charge in [-0.15, -0.1) is 0 Å². The number of benzene rings is 2. The van der Waals surface area contributed by atoms with E-state index in [0.29, 0.717) is 26.2 Å². The van der Waals surface area contributed by atoms with Crippen LogP contribution in [0.5, 0.6) is 5.75 Å². The highest BCUT2D eigenvalue weighted by Crippen LogP contribution is 2.26. The molecule has 1 aliphatic heterocycles. The molecule has 1 saturated heterocycles. The maximum Gasteiger partial charge on any atom is 0.342 e. The number of carbonyl (C=O) groups excluding carboxylic acids is 2. The van der Waals surface area contributed by atoms with Crippen LogP contribution in [0.4, 0.5) is 0 Å². The Bertz CT molecular complexity index is 1030. The number of sulfonamides is 1. The maximum absolute atomic E-state index is 12.7. The monoisotopic (exact) mass is 446 g/mol. The normalized spacial score (nSPS) is 14.4. The molecule has 166 valence electrons. The van der Waals surface area contributed by atoms with E-state index in [1.54, 1.807) is 0 Å². The first kappa shape index (κ1) is 22.8. The van der Waals surface area contributed by atoms with Crippen molar-refractivity contribution < 1.29 is 27.9 Å². The van der Waals surface area contributed by atoms with Crippen LogP contribution in [-0.2, 0) is 26.1 Å². The number of esters is 1. The SMILES string of the molecule is CCN(Cc1ccccc1)C(=O)COC(=O)c1cc(S(=O)(=O)N2CCCC2)ccc1O. The number of hydrogen-bond donors (Lipinski definition) is 1. The van der Waals surface area contributed by atoms with Gasteiger partial charge in [-0.05, 0) is 43.5 Å². The average molecular weight is 447 g/mol. The number of aromatic hydroxyl groups is 1. The number of hydrogen-bond acceptors (Lipinski definition) is 6. The molecule has 0 saturated carbocycles. The molecule has 9 heteroatoms. The largest absolute Gasteiger partial charge is 0.507 e. The molecule has 31 heavy (non-hydrogen) atoms. The molecule has 0 atom stereocenters. The maximum atomic E-state index is 12.7. The summed E-state index contributed by atoms with van der Waals surface area (Å²) < 4.78 is 31.9. The minimum atomic E-state index is -3.76. The Morgan fingerprint density at radius 2 is 1.77 bits per heavy atom. The van der Waals surface area contributed by atoms with Crippen molar-refractivity contribution in [3.8, 4) is 5.75 Å². The number of amides is 1. The van der Waals surface area contributed by atoms with Gasteiger partial charge < -0.3 is 14.7 Å². The van der Waals surface area contributed by atoms with Crippen molar-refractivity contribution >= 4 is 21.9 Å². The third-order valence-electron chi connectivity index (χ3n) is 5.17. The van der Waals surface area contributed by atoms with Crippen molar-refractivity contribution in [3.63, 3.8) is 0 Å². The van der Waals surface area contributed by atoms with E-state index in [9.17, 15) is 23.1 Å². The molecule has 1 amide bonds. The van der Waals surface area contributed by atoms with Crippen LogP contribution >= 0.6 is 0 Å². The van der Waals surface area contributed by atoms with E-state index in [0.717, 1.165) is 30.5 Å². The van der Waals surface area contributed by atoms with Crippen LogP contribution in [0, 0.1) is 0 Å².